The molecule has 0 aromatic heterocycles. The Morgan fingerprint density at radius 2 is 2.00 bits per heavy atom. The van der Waals surface area contributed by atoms with Gasteiger partial charge in [-0.2, -0.15) is 0 Å². The Hall–Kier alpha value is -1.07. The van der Waals surface area contributed by atoms with Gasteiger partial charge < -0.3 is 10.4 Å². The fraction of sp³-hybridized carbons (Fsp3) is 0.200. The highest BCUT2D eigenvalue weighted by atomic mass is 79.9. The van der Waals surface area contributed by atoms with Crippen molar-refractivity contribution in [3.05, 3.63) is 56.7 Å². The van der Waals surface area contributed by atoms with Crippen LogP contribution in [0.1, 0.15) is 24.9 Å². The van der Waals surface area contributed by atoms with Crippen LogP contribution in [0.4, 0.5) is 10.1 Å². The van der Waals surface area contributed by atoms with Crippen molar-refractivity contribution in [2.45, 2.75) is 19.4 Å². The molecular formula is C15H14Br2FNO. The SMILES string of the molecule is CCC(Nc1c(F)cccc1Br)c1cc(Br)ccc1O. The summed E-state index contributed by atoms with van der Waals surface area (Å²) in [4.78, 5) is 0. The third-order valence-corrected chi connectivity index (χ3v) is 4.21. The standard InChI is InChI=1S/C15H14Br2FNO/c1-2-13(10-8-9(16)6-7-14(10)20)19-15-11(17)4-3-5-12(15)18/h3-8,13,19-20H,2H2,1H3. The fourth-order valence-corrected chi connectivity index (χ4v) is 2.85. The number of aromatic hydroxyl groups is 1. The Bertz CT molecular complexity index is 599. The molecule has 5 heteroatoms. The largest absolute Gasteiger partial charge is 0.508 e. The molecule has 2 nitrogen and oxygen atoms in total. The first kappa shape index (κ1) is 15.3. The number of halogens is 3. The number of anilines is 1. The summed E-state index contributed by atoms with van der Waals surface area (Å²) < 4.78 is 15.4. The van der Waals surface area contributed by atoms with Crippen LogP contribution in [-0.2, 0) is 0 Å². The van der Waals surface area contributed by atoms with Crippen LogP contribution in [0.3, 0.4) is 0 Å². The molecule has 1 atom stereocenters. The lowest BCUT2D eigenvalue weighted by molar-refractivity contribution is 0.462. The van der Waals surface area contributed by atoms with Gasteiger partial charge in [-0.15, -0.1) is 0 Å². The molecule has 0 saturated carbocycles. The summed E-state index contributed by atoms with van der Waals surface area (Å²) in [5.41, 5.74) is 1.13. The summed E-state index contributed by atoms with van der Waals surface area (Å²) in [5.74, 6) is -0.132. The van der Waals surface area contributed by atoms with Gasteiger partial charge in [-0.05, 0) is 52.7 Å². The number of phenolic OH excluding ortho intramolecular Hbond substituents is 1. The number of hydrogen-bond donors (Lipinski definition) is 2. The summed E-state index contributed by atoms with van der Waals surface area (Å²) in [6, 6.07) is 9.87. The third-order valence-electron chi connectivity index (χ3n) is 3.05. The van der Waals surface area contributed by atoms with Crippen molar-refractivity contribution in [3.63, 3.8) is 0 Å². The molecule has 0 spiro atoms. The molecule has 0 aliphatic rings. The second-order valence-corrected chi connectivity index (χ2v) is 6.17. The minimum atomic E-state index is -0.327. The van der Waals surface area contributed by atoms with E-state index in [1.165, 1.54) is 6.07 Å². The van der Waals surface area contributed by atoms with Crippen molar-refractivity contribution in [1.29, 1.82) is 0 Å². The zero-order chi connectivity index (χ0) is 14.7. The summed E-state index contributed by atoms with van der Waals surface area (Å²) in [6.45, 7) is 1.98. The summed E-state index contributed by atoms with van der Waals surface area (Å²) in [5, 5.41) is 13.1. The monoisotopic (exact) mass is 401 g/mol. The number of phenols is 1. The van der Waals surface area contributed by atoms with Crippen LogP contribution >= 0.6 is 31.9 Å². The smallest absolute Gasteiger partial charge is 0.147 e. The number of para-hydroxylation sites is 1. The van der Waals surface area contributed by atoms with Gasteiger partial charge in [0.2, 0.25) is 0 Å². The van der Waals surface area contributed by atoms with Crippen molar-refractivity contribution in [3.8, 4) is 5.75 Å². The molecule has 1 unspecified atom stereocenters. The van der Waals surface area contributed by atoms with E-state index in [-0.39, 0.29) is 17.6 Å². The van der Waals surface area contributed by atoms with E-state index in [1.807, 2.05) is 13.0 Å². The Morgan fingerprint density at radius 3 is 2.65 bits per heavy atom. The summed E-state index contributed by atoms with van der Waals surface area (Å²) >= 11 is 6.72. The van der Waals surface area contributed by atoms with E-state index >= 15 is 0 Å². The molecule has 0 heterocycles. The van der Waals surface area contributed by atoms with Crippen molar-refractivity contribution < 1.29 is 9.50 Å². The molecule has 0 fully saturated rings. The zero-order valence-corrected chi connectivity index (χ0v) is 14.0. The first-order valence-corrected chi connectivity index (χ1v) is 7.80. The first-order chi connectivity index (χ1) is 9.52. The highest BCUT2D eigenvalue weighted by Gasteiger charge is 2.17. The molecule has 2 N–H and O–H groups in total. The maximum absolute atomic E-state index is 13.9. The quantitative estimate of drug-likeness (QED) is 0.695. The lowest BCUT2D eigenvalue weighted by atomic mass is 10.0. The fourth-order valence-electron chi connectivity index (χ4n) is 2.01. The molecule has 0 radical (unpaired) electrons. The van der Waals surface area contributed by atoms with Gasteiger partial charge in [0.05, 0.1) is 11.7 Å². The van der Waals surface area contributed by atoms with E-state index in [0.29, 0.717) is 16.6 Å². The van der Waals surface area contributed by atoms with Crippen molar-refractivity contribution in [2.75, 3.05) is 5.32 Å². The average Bonchev–Trinajstić information content (AvgIpc) is 2.42. The lowest BCUT2D eigenvalue weighted by Crippen LogP contribution is -2.11. The third kappa shape index (κ3) is 3.33. The van der Waals surface area contributed by atoms with E-state index < -0.39 is 0 Å². The van der Waals surface area contributed by atoms with E-state index in [4.69, 9.17) is 0 Å². The second-order valence-electron chi connectivity index (χ2n) is 4.40. The number of benzene rings is 2. The minimum Gasteiger partial charge on any atom is -0.508 e. The van der Waals surface area contributed by atoms with Gasteiger partial charge in [0.25, 0.3) is 0 Å². The van der Waals surface area contributed by atoms with Crippen LogP contribution in [0, 0.1) is 5.82 Å². The molecular weight excluding hydrogens is 389 g/mol. The predicted molar refractivity (Wildman–Crippen MR) is 86.6 cm³/mol. The average molecular weight is 403 g/mol. The van der Waals surface area contributed by atoms with Gasteiger partial charge in [0.1, 0.15) is 11.6 Å². The molecule has 0 aliphatic heterocycles. The molecule has 2 aromatic carbocycles. The van der Waals surface area contributed by atoms with Gasteiger partial charge >= 0.3 is 0 Å². The Kier molecular flexibility index (Phi) is 5.05. The lowest BCUT2D eigenvalue weighted by Gasteiger charge is -2.21. The van der Waals surface area contributed by atoms with E-state index in [1.54, 1.807) is 24.3 Å². The molecule has 0 amide bonds. The minimum absolute atomic E-state index is 0.180. The van der Waals surface area contributed by atoms with Gasteiger partial charge in [0, 0.05) is 14.5 Å². The van der Waals surface area contributed by atoms with Gasteiger partial charge in [0.15, 0.2) is 0 Å². The highest BCUT2D eigenvalue weighted by Crippen LogP contribution is 2.34. The maximum atomic E-state index is 13.9. The van der Waals surface area contributed by atoms with Crippen molar-refractivity contribution in [2.24, 2.45) is 0 Å². The number of hydrogen-bond acceptors (Lipinski definition) is 2. The van der Waals surface area contributed by atoms with Crippen LogP contribution in [0.25, 0.3) is 0 Å². The Balaban J connectivity index is 2.36. The number of nitrogens with one attached hydrogen (secondary N) is 1. The summed E-state index contributed by atoms with van der Waals surface area (Å²) in [7, 11) is 0. The molecule has 106 valence electrons. The molecule has 20 heavy (non-hydrogen) atoms. The van der Waals surface area contributed by atoms with E-state index in [9.17, 15) is 9.50 Å². The van der Waals surface area contributed by atoms with Crippen molar-refractivity contribution in [1.82, 2.24) is 0 Å². The van der Waals surface area contributed by atoms with Gasteiger partial charge in [-0.1, -0.05) is 28.9 Å². The highest BCUT2D eigenvalue weighted by molar-refractivity contribution is 9.10. The van der Waals surface area contributed by atoms with Crippen LogP contribution in [0.5, 0.6) is 5.75 Å². The van der Waals surface area contributed by atoms with E-state index in [0.717, 1.165) is 10.0 Å². The first-order valence-electron chi connectivity index (χ1n) is 6.22. The van der Waals surface area contributed by atoms with Crippen LogP contribution in [0.2, 0.25) is 0 Å². The van der Waals surface area contributed by atoms with Crippen LogP contribution in [-0.4, -0.2) is 5.11 Å². The second kappa shape index (κ2) is 6.59. The van der Waals surface area contributed by atoms with Crippen LogP contribution < -0.4 is 5.32 Å². The summed E-state index contributed by atoms with van der Waals surface area (Å²) in [6.07, 6.45) is 0.713. The van der Waals surface area contributed by atoms with Gasteiger partial charge in [-0.3, -0.25) is 0 Å². The Morgan fingerprint density at radius 1 is 1.25 bits per heavy atom. The topological polar surface area (TPSA) is 32.3 Å². The van der Waals surface area contributed by atoms with Crippen LogP contribution in [0.15, 0.2) is 45.3 Å². The molecule has 0 bridgehead atoms. The molecule has 0 saturated heterocycles. The Labute approximate surface area is 134 Å². The molecule has 2 rings (SSSR count). The zero-order valence-electron chi connectivity index (χ0n) is 10.8. The normalized spacial score (nSPS) is 12.2. The van der Waals surface area contributed by atoms with Crippen molar-refractivity contribution >= 4 is 37.5 Å². The van der Waals surface area contributed by atoms with Gasteiger partial charge in [-0.25, -0.2) is 4.39 Å². The number of rotatable bonds is 4. The maximum Gasteiger partial charge on any atom is 0.147 e. The molecule has 2 aromatic rings. The molecule has 0 aliphatic carbocycles. The predicted octanol–water partition coefficient (Wildman–Crippen LogP) is 5.62. The van der Waals surface area contributed by atoms with E-state index in [2.05, 4.69) is 37.2 Å².